The van der Waals surface area contributed by atoms with Crippen molar-refractivity contribution < 1.29 is 28.2 Å². The first-order valence-electron chi connectivity index (χ1n) is 10.2. The van der Waals surface area contributed by atoms with Crippen LogP contribution in [0.1, 0.15) is 36.3 Å². The molecule has 172 valence electrons. The number of nitrogens with two attached hydrogens (primary N) is 1. The van der Waals surface area contributed by atoms with Crippen molar-refractivity contribution in [1.29, 1.82) is 0 Å². The first-order chi connectivity index (χ1) is 15.8. The molecule has 0 fully saturated rings. The molecule has 0 saturated carbocycles. The third kappa shape index (κ3) is 4.43. The van der Waals surface area contributed by atoms with Crippen LogP contribution in [0.3, 0.4) is 0 Å². The molecule has 0 bridgehead atoms. The van der Waals surface area contributed by atoms with Gasteiger partial charge in [-0.1, -0.05) is 41.4 Å². The number of carbonyl (C=O) groups is 2. The van der Waals surface area contributed by atoms with Crippen molar-refractivity contribution in [3.05, 3.63) is 86.2 Å². The Kier molecular flexibility index (Phi) is 6.63. The molecule has 0 radical (unpaired) electrons. The van der Waals surface area contributed by atoms with Gasteiger partial charge in [0.1, 0.15) is 23.8 Å². The molecule has 0 unspecified atom stereocenters. The van der Waals surface area contributed by atoms with Crippen molar-refractivity contribution >= 4 is 35.0 Å². The zero-order valence-electron chi connectivity index (χ0n) is 17.6. The number of methoxy groups -OCH3 is 1. The number of ether oxygens (including phenoxy) is 3. The highest BCUT2D eigenvalue weighted by Crippen LogP contribution is 2.46. The topological polar surface area (TPSA) is 87.9 Å². The van der Waals surface area contributed by atoms with Gasteiger partial charge in [0.15, 0.2) is 11.5 Å². The van der Waals surface area contributed by atoms with Gasteiger partial charge < -0.3 is 19.9 Å². The monoisotopic (exact) mass is 491 g/mol. The average Bonchev–Trinajstić information content (AvgIpc) is 2.78. The zero-order valence-corrected chi connectivity index (χ0v) is 19.1. The molecule has 1 aliphatic carbocycles. The Bertz CT molecular complexity index is 1180. The molecular weight excluding hydrogens is 472 g/mol. The summed E-state index contributed by atoms with van der Waals surface area (Å²) in [6.45, 7) is -0.0865. The van der Waals surface area contributed by atoms with E-state index in [0.29, 0.717) is 41.7 Å². The molecule has 9 heteroatoms. The molecular formula is C24H20Cl2FNO5. The van der Waals surface area contributed by atoms with E-state index in [9.17, 15) is 14.0 Å². The van der Waals surface area contributed by atoms with Crippen LogP contribution in [0.5, 0.6) is 5.75 Å². The van der Waals surface area contributed by atoms with E-state index >= 15 is 0 Å². The molecule has 2 N–H and O–H groups in total. The molecule has 33 heavy (non-hydrogen) atoms. The van der Waals surface area contributed by atoms with Crippen LogP contribution in [-0.4, -0.2) is 18.9 Å². The highest BCUT2D eigenvalue weighted by molar-refractivity contribution is 6.37. The summed E-state index contributed by atoms with van der Waals surface area (Å²) in [5, 5.41) is 0.266. The van der Waals surface area contributed by atoms with Crippen molar-refractivity contribution in [2.24, 2.45) is 5.73 Å². The number of allylic oxidation sites excluding steroid dienone is 2. The molecule has 0 saturated heterocycles. The molecule has 2 aromatic carbocycles. The molecule has 4 rings (SSSR count). The third-order valence-electron chi connectivity index (χ3n) is 5.57. The second-order valence-electron chi connectivity index (χ2n) is 7.61. The number of Topliss-reactive ketones (excluding diaryl/α,β-unsaturated/α-hetero) is 1. The van der Waals surface area contributed by atoms with Gasteiger partial charge in [0.05, 0.1) is 23.1 Å². The maximum absolute atomic E-state index is 13.9. The van der Waals surface area contributed by atoms with Crippen LogP contribution in [0.2, 0.25) is 10.0 Å². The molecule has 2 aromatic rings. The maximum Gasteiger partial charge on any atom is 0.340 e. The van der Waals surface area contributed by atoms with Gasteiger partial charge in [-0.05, 0) is 30.2 Å². The minimum atomic E-state index is -0.857. The van der Waals surface area contributed by atoms with E-state index in [2.05, 4.69) is 0 Å². The fourth-order valence-electron chi connectivity index (χ4n) is 4.05. The lowest BCUT2D eigenvalue weighted by Crippen LogP contribution is -2.31. The van der Waals surface area contributed by atoms with Crippen molar-refractivity contribution in [2.45, 2.75) is 31.8 Å². The minimum Gasteiger partial charge on any atom is -0.486 e. The average molecular weight is 492 g/mol. The van der Waals surface area contributed by atoms with E-state index in [4.69, 9.17) is 43.1 Å². The molecule has 0 amide bonds. The van der Waals surface area contributed by atoms with Crippen LogP contribution in [0.15, 0.2) is 59.2 Å². The molecule has 1 atom stereocenters. The van der Waals surface area contributed by atoms with Gasteiger partial charge in [-0.2, -0.15) is 0 Å². The molecule has 0 aromatic heterocycles. The van der Waals surface area contributed by atoms with Crippen molar-refractivity contribution in [3.8, 4) is 5.75 Å². The standard InChI is InChI=1S/C24H20Cl2FNO5/c1-31-24(30)21-19(20-17(29)7-4-8-18(20)33-23(21)28)13-9-14(25)22(15(26)10-13)32-11-12-5-2-3-6-16(12)27/h2-3,5-6,9-10,19H,4,7-8,11,28H2,1H3/t19-/m1/s1. The molecule has 2 aliphatic rings. The normalized spacial score (nSPS) is 18.1. The number of benzene rings is 2. The predicted molar refractivity (Wildman–Crippen MR) is 120 cm³/mol. The summed E-state index contributed by atoms with van der Waals surface area (Å²) in [5.41, 5.74) is 7.18. The summed E-state index contributed by atoms with van der Waals surface area (Å²) in [6.07, 6.45) is 1.45. The van der Waals surface area contributed by atoms with Crippen molar-refractivity contribution in [1.82, 2.24) is 0 Å². The smallest absolute Gasteiger partial charge is 0.340 e. The van der Waals surface area contributed by atoms with Crippen LogP contribution in [0.25, 0.3) is 0 Å². The Labute approximate surface area is 199 Å². The van der Waals surface area contributed by atoms with Gasteiger partial charge in [-0.15, -0.1) is 0 Å². The highest BCUT2D eigenvalue weighted by atomic mass is 35.5. The number of halogens is 3. The lowest BCUT2D eigenvalue weighted by Gasteiger charge is -2.32. The van der Waals surface area contributed by atoms with Crippen LogP contribution >= 0.6 is 23.2 Å². The lowest BCUT2D eigenvalue weighted by molar-refractivity contribution is -0.136. The zero-order chi connectivity index (χ0) is 23.7. The van der Waals surface area contributed by atoms with Gasteiger partial charge in [-0.3, -0.25) is 4.79 Å². The van der Waals surface area contributed by atoms with Crippen LogP contribution in [-0.2, 0) is 25.7 Å². The summed E-state index contributed by atoms with van der Waals surface area (Å²) in [4.78, 5) is 25.4. The van der Waals surface area contributed by atoms with Gasteiger partial charge >= 0.3 is 5.97 Å². The van der Waals surface area contributed by atoms with E-state index in [1.54, 1.807) is 30.3 Å². The Morgan fingerprint density at radius 2 is 1.91 bits per heavy atom. The second-order valence-corrected chi connectivity index (χ2v) is 8.43. The summed E-state index contributed by atoms with van der Waals surface area (Å²) in [5.74, 6) is -1.71. The van der Waals surface area contributed by atoms with Crippen LogP contribution < -0.4 is 10.5 Å². The Morgan fingerprint density at radius 1 is 1.21 bits per heavy atom. The third-order valence-corrected chi connectivity index (χ3v) is 6.14. The number of carbonyl (C=O) groups excluding carboxylic acids is 2. The molecule has 1 aliphatic heterocycles. The Morgan fingerprint density at radius 3 is 2.58 bits per heavy atom. The van der Waals surface area contributed by atoms with E-state index in [1.165, 1.54) is 13.2 Å². The van der Waals surface area contributed by atoms with E-state index in [1.807, 2.05) is 0 Å². The van der Waals surface area contributed by atoms with Crippen molar-refractivity contribution in [3.63, 3.8) is 0 Å². The largest absolute Gasteiger partial charge is 0.486 e. The summed E-state index contributed by atoms with van der Waals surface area (Å²) < 4.78 is 30.1. The fourth-order valence-corrected chi connectivity index (χ4v) is 4.66. The quantitative estimate of drug-likeness (QED) is 0.580. The number of rotatable bonds is 5. The molecule has 6 nitrogen and oxygen atoms in total. The predicted octanol–water partition coefficient (Wildman–Crippen LogP) is 5.18. The SMILES string of the molecule is COC(=O)C1=C(N)OC2=C(C(=O)CCC2)[C@H]1c1cc(Cl)c(OCc2ccccc2F)c(Cl)c1. The Balaban J connectivity index is 1.75. The summed E-state index contributed by atoms with van der Waals surface area (Å²) >= 11 is 12.9. The Hall–Kier alpha value is -3.03. The number of ketones is 1. The van der Waals surface area contributed by atoms with Gasteiger partial charge in [-0.25, -0.2) is 9.18 Å². The first-order valence-corrected chi connectivity index (χ1v) is 10.9. The minimum absolute atomic E-state index is 0.00124. The molecule has 0 spiro atoms. The lowest BCUT2D eigenvalue weighted by atomic mass is 9.77. The number of esters is 1. The first kappa shape index (κ1) is 23.1. The van der Waals surface area contributed by atoms with Gasteiger partial charge in [0.2, 0.25) is 5.88 Å². The summed E-state index contributed by atoms with van der Waals surface area (Å²) in [7, 11) is 1.21. The van der Waals surface area contributed by atoms with E-state index < -0.39 is 17.7 Å². The van der Waals surface area contributed by atoms with E-state index in [-0.39, 0.29) is 39.6 Å². The van der Waals surface area contributed by atoms with Gasteiger partial charge in [0.25, 0.3) is 0 Å². The van der Waals surface area contributed by atoms with Crippen molar-refractivity contribution in [2.75, 3.05) is 7.11 Å². The molecule has 1 heterocycles. The maximum atomic E-state index is 13.9. The summed E-state index contributed by atoms with van der Waals surface area (Å²) in [6, 6.07) is 9.28. The van der Waals surface area contributed by atoms with E-state index in [0.717, 1.165) is 0 Å². The number of hydrogen-bond donors (Lipinski definition) is 1. The fraction of sp³-hybridized carbons (Fsp3) is 0.250. The van der Waals surface area contributed by atoms with Gasteiger partial charge in [0, 0.05) is 24.0 Å². The van der Waals surface area contributed by atoms with Crippen LogP contribution in [0.4, 0.5) is 4.39 Å². The highest BCUT2D eigenvalue weighted by Gasteiger charge is 2.41. The second kappa shape index (κ2) is 9.45. The van der Waals surface area contributed by atoms with Crippen LogP contribution in [0, 0.1) is 5.82 Å². The number of hydrogen-bond acceptors (Lipinski definition) is 6.